The molecular weight excluding hydrogens is 402 g/mol. The van der Waals surface area contributed by atoms with Gasteiger partial charge < -0.3 is 0 Å². The maximum atomic E-state index is 12.9. The van der Waals surface area contributed by atoms with Crippen LogP contribution in [0.25, 0.3) is 11.2 Å². The third kappa shape index (κ3) is 3.77. The molecule has 1 saturated carbocycles. The predicted molar refractivity (Wildman–Crippen MR) is 114 cm³/mol. The van der Waals surface area contributed by atoms with Crippen molar-refractivity contribution in [1.82, 2.24) is 19.4 Å². The van der Waals surface area contributed by atoms with Crippen LogP contribution >= 0.6 is 0 Å². The number of rotatable bonds is 6. The Morgan fingerprint density at radius 1 is 1.20 bits per heavy atom. The van der Waals surface area contributed by atoms with Crippen molar-refractivity contribution in [2.45, 2.75) is 44.4 Å². The summed E-state index contributed by atoms with van der Waals surface area (Å²) in [4.78, 5) is 21.3. The average Bonchev–Trinajstić information content (AvgIpc) is 3.39. The van der Waals surface area contributed by atoms with Crippen LogP contribution in [0.15, 0.2) is 47.6 Å². The van der Waals surface area contributed by atoms with E-state index in [1.165, 1.54) is 12.4 Å². The van der Waals surface area contributed by atoms with E-state index in [1.807, 2.05) is 6.92 Å². The maximum Gasteiger partial charge on any atom is 0.269 e. The Morgan fingerprint density at radius 3 is 2.70 bits per heavy atom. The van der Waals surface area contributed by atoms with Gasteiger partial charge in [-0.15, -0.1) is 0 Å². The van der Waals surface area contributed by atoms with Crippen molar-refractivity contribution < 1.29 is 13.2 Å². The van der Waals surface area contributed by atoms with E-state index in [0.717, 1.165) is 35.2 Å². The molecule has 1 aliphatic carbocycles. The van der Waals surface area contributed by atoms with E-state index in [1.54, 1.807) is 30.3 Å². The summed E-state index contributed by atoms with van der Waals surface area (Å²) in [6.45, 7) is 4.01. The topological polar surface area (TPSA) is 106 Å². The number of nitrogens with zero attached hydrogens (tertiary/aromatic N) is 3. The number of hydrazine groups is 1. The molecule has 9 heteroatoms. The molecular formula is C21H25N5O3S. The molecule has 1 fully saturated rings. The second kappa shape index (κ2) is 8.06. The predicted octanol–water partition coefficient (Wildman–Crippen LogP) is 3.25. The second-order valence-electron chi connectivity index (χ2n) is 7.71. The van der Waals surface area contributed by atoms with E-state index in [4.69, 9.17) is 0 Å². The molecule has 0 bridgehead atoms. The van der Waals surface area contributed by atoms with Gasteiger partial charge in [-0.05, 0) is 43.9 Å². The van der Waals surface area contributed by atoms with Crippen molar-refractivity contribution in [3.63, 3.8) is 0 Å². The molecule has 8 nitrogen and oxygen atoms in total. The molecule has 0 spiro atoms. The van der Waals surface area contributed by atoms with Gasteiger partial charge in [-0.25, -0.2) is 22.4 Å². The Bertz CT molecular complexity index is 1170. The SMILES string of the molecule is CC[C@@H]1CCC[C@@H]1C(=O)NNc1cnc2c(ccn2S(=O)(=O)c2ccc(C)cc2)n1. The van der Waals surface area contributed by atoms with E-state index in [-0.39, 0.29) is 22.4 Å². The normalized spacial score (nSPS) is 19.1. The van der Waals surface area contributed by atoms with Crippen molar-refractivity contribution in [3.05, 3.63) is 48.3 Å². The Morgan fingerprint density at radius 2 is 1.97 bits per heavy atom. The van der Waals surface area contributed by atoms with Crippen molar-refractivity contribution in [1.29, 1.82) is 0 Å². The first-order valence-corrected chi connectivity index (χ1v) is 11.6. The highest BCUT2D eigenvalue weighted by molar-refractivity contribution is 7.90. The van der Waals surface area contributed by atoms with Crippen LogP contribution in [0.2, 0.25) is 0 Å². The van der Waals surface area contributed by atoms with E-state index in [2.05, 4.69) is 27.7 Å². The largest absolute Gasteiger partial charge is 0.281 e. The molecule has 2 aromatic heterocycles. The molecule has 0 unspecified atom stereocenters. The van der Waals surface area contributed by atoms with Crippen molar-refractivity contribution in [2.24, 2.45) is 11.8 Å². The number of aryl methyl sites for hydroxylation is 1. The van der Waals surface area contributed by atoms with Crippen LogP contribution in [-0.2, 0) is 14.8 Å². The molecule has 2 heterocycles. The van der Waals surface area contributed by atoms with Crippen LogP contribution in [0.3, 0.4) is 0 Å². The van der Waals surface area contributed by atoms with Gasteiger partial charge in [-0.1, -0.05) is 37.5 Å². The molecule has 3 aromatic rings. The number of hydrogen-bond acceptors (Lipinski definition) is 6. The number of nitrogens with one attached hydrogen (secondary N) is 2. The number of anilines is 1. The van der Waals surface area contributed by atoms with E-state index in [9.17, 15) is 13.2 Å². The third-order valence-electron chi connectivity index (χ3n) is 5.77. The fourth-order valence-electron chi connectivity index (χ4n) is 4.05. The van der Waals surface area contributed by atoms with Crippen LogP contribution in [-0.4, -0.2) is 28.3 Å². The molecule has 1 amide bonds. The van der Waals surface area contributed by atoms with Gasteiger partial charge in [0.15, 0.2) is 11.5 Å². The van der Waals surface area contributed by atoms with Gasteiger partial charge in [0.2, 0.25) is 5.91 Å². The average molecular weight is 428 g/mol. The minimum Gasteiger partial charge on any atom is -0.281 e. The van der Waals surface area contributed by atoms with Gasteiger partial charge in [-0.3, -0.25) is 15.6 Å². The summed E-state index contributed by atoms with van der Waals surface area (Å²) in [5, 5.41) is 0. The summed E-state index contributed by atoms with van der Waals surface area (Å²) in [6.07, 6.45) is 6.90. The zero-order valence-electron chi connectivity index (χ0n) is 17.0. The zero-order valence-corrected chi connectivity index (χ0v) is 17.8. The first-order chi connectivity index (χ1) is 14.4. The first kappa shape index (κ1) is 20.3. The van der Waals surface area contributed by atoms with Crippen LogP contribution in [0, 0.1) is 18.8 Å². The Hall–Kier alpha value is -2.94. The smallest absolute Gasteiger partial charge is 0.269 e. The number of hydrogen-bond donors (Lipinski definition) is 2. The molecule has 2 N–H and O–H groups in total. The van der Waals surface area contributed by atoms with Gasteiger partial charge in [0.05, 0.1) is 11.1 Å². The Labute approximate surface area is 175 Å². The summed E-state index contributed by atoms with van der Waals surface area (Å²) in [5.41, 5.74) is 7.16. The highest BCUT2D eigenvalue weighted by Gasteiger charge is 2.31. The monoisotopic (exact) mass is 427 g/mol. The van der Waals surface area contributed by atoms with Crippen LogP contribution in [0.4, 0.5) is 5.82 Å². The lowest BCUT2D eigenvalue weighted by Crippen LogP contribution is -2.36. The fourth-order valence-corrected chi connectivity index (χ4v) is 5.35. The fraction of sp³-hybridized carbons (Fsp3) is 0.381. The Kier molecular flexibility index (Phi) is 5.46. The number of benzene rings is 1. The summed E-state index contributed by atoms with van der Waals surface area (Å²) < 4.78 is 27.0. The van der Waals surface area contributed by atoms with Gasteiger partial charge in [-0.2, -0.15) is 0 Å². The summed E-state index contributed by atoms with van der Waals surface area (Å²) in [6, 6.07) is 8.24. The minimum absolute atomic E-state index is 0.0138. The van der Waals surface area contributed by atoms with Gasteiger partial charge in [0, 0.05) is 12.1 Å². The Balaban J connectivity index is 1.52. The van der Waals surface area contributed by atoms with Crippen molar-refractivity contribution >= 4 is 32.9 Å². The molecule has 4 rings (SSSR count). The quantitative estimate of drug-likeness (QED) is 0.585. The maximum absolute atomic E-state index is 12.9. The molecule has 2 atom stereocenters. The molecule has 1 aromatic carbocycles. The summed E-state index contributed by atoms with van der Waals surface area (Å²) in [7, 11) is -3.77. The highest BCUT2D eigenvalue weighted by Crippen LogP contribution is 2.34. The molecule has 0 saturated heterocycles. The van der Waals surface area contributed by atoms with E-state index >= 15 is 0 Å². The third-order valence-corrected chi connectivity index (χ3v) is 7.45. The highest BCUT2D eigenvalue weighted by atomic mass is 32.2. The standard InChI is InChI=1S/C21H25N5O3S/c1-3-15-5-4-6-17(15)21(27)25-24-19-13-22-20-18(23-19)11-12-26(20)30(28,29)16-9-7-14(2)8-10-16/h7-13,15,17H,3-6H2,1-2H3,(H,23,24)(H,25,27)/t15-,17+/m1/s1. The molecule has 1 aliphatic rings. The van der Waals surface area contributed by atoms with Gasteiger partial charge in [0.25, 0.3) is 10.0 Å². The van der Waals surface area contributed by atoms with Crippen LogP contribution in [0.1, 0.15) is 38.2 Å². The van der Waals surface area contributed by atoms with Crippen molar-refractivity contribution in [2.75, 3.05) is 5.43 Å². The van der Waals surface area contributed by atoms with Gasteiger partial charge >= 0.3 is 0 Å². The van der Waals surface area contributed by atoms with Gasteiger partial charge in [0.1, 0.15) is 5.52 Å². The summed E-state index contributed by atoms with van der Waals surface area (Å²) >= 11 is 0. The number of fused-ring (bicyclic) bond motifs is 1. The molecule has 30 heavy (non-hydrogen) atoms. The number of carbonyl (C=O) groups excluding carboxylic acids is 1. The first-order valence-electron chi connectivity index (χ1n) is 10.1. The van der Waals surface area contributed by atoms with E-state index in [0.29, 0.717) is 17.3 Å². The number of aromatic nitrogens is 3. The van der Waals surface area contributed by atoms with E-state index < -0.39 is 10.0 Å². The summed E-state index contributed by atoms with van der Waals surface area (Å²) in [5.74, 6) is 0.745. The molecule has 0 aliphatic heterocycles. The lowest BCUT2D eigenvalue weighted by molar-refractivity contribution is -0.125. The molecule has 158 valence electrons. The number of carbonyl (C=O) groups is 1. The molecule has 0 radical (unpaired) electrons. The second-order valence-corrected chi connectivity index (χ2v) is 9.53. The minimum atomic E-state index is -3.77. The van der Waals surface area contributed by atoms with Crippen LogP contribution in [0.5, 0.6) is 0 Å². The zero-order chi connectivity index (χ0) is 21.3. The van der Waals surface area contributed by atoms with Crippen LogP contribution < -0.4 is 10.9 Å². The van der Waals surface area contributed by atoms with Crippen molar-refractivity contribution in [3.8, 4) is 0 Å². The lowest BCUT2D eigenvalue weighted by Gasteiger charge is -2.17. The lowest BCUT2D eigenvalue weighted by atomic mass is 9.93. The number of amides is 1.